The molecule has 0 radical (unpaired) electrons. The molecule has 0 aliphatic heterocycles. The van der Waals surface area contributed by atoms with Gasteiger partial charge in [-0.2, -0.15) is 0 Å². The highest BCUT2D eigenvalue weighted by Gasteiger charge is 2.15. The molecule has 0 spiro atoms. The van der Waals surface area contributed by atoms with E-state index in [4.69, 9.17) is 9.47 Å². The smallest absolute Gasteiger partial charge is 0.156 e. The summed E-state index contributed by atoms with van der Waals surface area (Å²) in [7, 11) is 5.03. The lowest BCUT2D eigenvalue weighted by Gasteiger charge is -2.13. The number of aromatic nitrogens is 3. The van der Waals surface area contributed by atoms with Gasteiger partial charge < -0.3 is 14.8 Å². The molecule has 0 atom stereocenters. The minimum Gasteiger partial charge on any atom is -0.496 e. The summed E-state index contributed by atoms with van der Waals surface area (Å²) < 4.78 is 10.7. The van der Waals surface area contributed by atoms with E-state index in [1.165, 1.54) is 6.33 Å². The van der Waals surface area contributed by atoms with Crippen LogP contribution in [0.4, 0.5) is 5.82 Å². The Morgan fingerprint density at radius 1 is 1.11 bits per heavy atom. The number of rotatable bonds is 4. The van der Waals surface area contributed by atoms with Crippen molar-refractivity contribution < 1.29 is 9.47 Å². The van der Waals surface area contributed by atoms with Gasteiger partial charge in [-0.3, -0.25) is 0 Å². The van der Waals surface area contributed by atoms with Crippen molar-refractivity contribution in [1.82, 2.24) is 15.2 Å². The molecule has 0 unspecified atom stereocenters. The van der Waals surface area contributed by atoms with Gasteiger partial charge in [-0.15, -0.1) is 10.2 Å². The molecular formula is C13H16N4O2. The van der Waals surface area contributed by atoms with Gasteiger partial charge in [-0.05, 0) is 24.6 Å². The molecule has 1 heterocycles. The molecule has 0 aliphatic carbocycles. The summed E-state index contributed by atoms with van der Waals surface area (Å²) >= 11 is 0. The number of nitrogens with zero attached hydrogens (tertiary/aromatic N) is 3. The third kappa shape index (κ3) is 2.42. The molecule has 19 heavy (non-hydrogen) atoms. The van der Waals surface area contributed by atoms with Crippen LogP contribution in [0.1, 0.15) is 5.56 Å². The molecule has 100 valence electrons. The van der Waals surface area contributed by atoms with Gasteiger partial charge in [0.15, 0.2) is 5.82 Å². The number of methoxy groups -OCH3 is 2. The molecule has 6 nitrogen and oxygen atoms in total. The van der Waals surface area contributed by atoms with Crippen LogP contribution in [0, 0.1) is 6.92 Å². The average molecular weight is 260 g/mol. The van der Waals surface area contributed by atoms with Gasteiger partial charge in [0.05, 0.1) is 19.8 Å². The maximum atomic E-state index is 5.40. The summed E-state index contributed by atoms with van der Waals surface area (Å²) in [5.41, 5.74) is 2.40. The highest BCUT2D eigenvalue weighted by molar-refractivity contribution is 5.77. The molecule has 1 N–H and O–H groups in total. The van der Waals surface area contributed by atoms with Crippen LogP contribution in [0.3, 0.4) is 0 Å². The molecule has 2 aromatic rings. The first kappa shape index (κ1) is 13.1. The zero-order chi connectivity index (χ0) is 13.8. The zero-order valence-corrected chi connectivity index (χ0v) is 11.4. The minimum absolute atomic E-state index is 0.625. The van der Waals surface area contributed by atoms with E-state index in [0.717, 1.165) is 16.9 Å². The maximum Gasteiger partial charge on any atom is 0.156 e. The van der Waals surface area contributed by atoms with Crippen LogP contribution in [-0.2, 0) is 0 Å². The van der Waals surface area contributed by atoms with Crippen molar-refractivity contribution in [3.63, 3.8) is 0 Å². The Hall–Kier alpha value is -2.37. The first-order valence-electron chi connectivity index (χ1n) is 5.79. The third-order valence-electron chi connectivity index (χ3n) is 2.83. The molecule has 6 heteroatoms. The normalized spacial score (nSPS) is 10.1. The number of nitrogens with one attached hydrogen (secondary N) is 1. The van der Waals surface area contributed by atoms with Crippen LogP contribution in [0.15, 0.2) is 18.5 Å². The van der Waals surface area contributed by atoms with E-state index in [1.807, 2.05) is 19.1 Å². The summed E-state index contributed by atoms with van der Waals surface area (Å²) in [6, 6.07) is 3.78. The van der Waals surface area contributed by atoms with Crippen LogP contribution >= 0.6 is 0 Å². The quantitative estimate of drug-likeness (QED) is 0.905. The van der Waals surface area contributed by atoms with Crippen LogP contribution < -0.4 is 14.8 Å². The number of anilines is 1. The van der Waals surface area contributed by atoms with Gasteiger partial charge in [0.2, 0.25) is 0 Å². The number of aryl methyl sites for hydroxylation is 1. The predicted octanol–water partition coefficient (Wildman–Crippen LogP) is 1.91. The van der Waals surface area contributed by atoms with E-state index < -0.39 is 0 Å². The Bertz CT molecular complexity index is 587. The van der Waals surface area contributed by atoms with Crippen molar-refractivity contribution in [2.75, 3.05) is 26.6 Å². The molecule has 2 rings (SSSR count). The molecule has 0 aliphatic rings. The van der Waals surface area contributed by atoms with E-state index in [0.29, 0.717) is 17.3 Å². The van der Waals surface area contributed by atoms with Crippen molar-refractivity contribution in [1.29, 1.82) is 0 Å². The lowest BCUT2D eigenvalue weighted by molar-refractivity contribution is 0.401. The van der Waals surface area contributed by atoms with E-state index in [9.17, 15) is 0 Å². The molecule has 0 saturated heterocycles. The molecular weight excluding hydrogens is 244 g/mol. The fraction of sp³-hybridized carbons (Fsp3) is 0.308. The number of benzene rings is 1. The Morgan fingerprint density at radius 2 is 1.84 bits per heavy atom. The molecule has 0 bridgehead atoms. The Kier molecular flexibility index (Phi) is 3.79. The number of hydrogen-bond acceptors (Lipinski definition) is 6. The average Bonchev–Trinajstić information content (AvgIpc) is 2.46. The minimum atomic E-state index is 0.625. The SMILES string of the molecule is CNc1ncnnc1-c1cc(OC)c(C)cc1OC. The second-order valence-electron chi connectivity index (χ2n) is 3.93. The first-order valence-corrected chi connectivity index (χ1v) is 5.79. The highest BCUT2D eigenvalue weighted by atomic mass is 16.5. The molecule has 1 aromatic carbocycles. The van der Waals surface area contributed by atoms with Gasteiger partial charge in [-0.1, -0.05) is 0 Å². The second kappa shape index (κ2) is 5.51. The molecule has 0 amide bonds. The van der Waals surface area contributed by atoms with E-state index >= 15 is 0 Å². The molecule has 0 fully saturated rings. The number of hydrogen-bond donors (Lipinski definition) is 1. The summed E-state index contributed by atoms with van der Waals surface area (Å²) in [4.78, 5) is 4.15. The lowest BCUT2D eigenvalue weighted by atomic mass is 10.1. The van der Waals surface area contributed by atoms with E-state index in [1.54, 1.807) is 21.3 Å². The molecule has 0 saturated carbocycles. The second-order valence-corrected chi connectivity index (χ2v) is 3.93. The fourth-order valence-electron chi connectivity index (χ4n) is 1.88. The Labute approximate surface area is 111 Å². The van der Waals surface area contributed by atoms with Crippen LogP contribution in [0.25, 0.3) is 11.3 Å². The Balaban J connectivity index is 2.66. The summed E-state index contributed by atoms with van der Waals surface area (Å²) in [6.45, 7) is 1.96. The van der Waals surface area contributed by atoms with Crippen LogP contribution in [0.5, 0.6) is 11.5 Å². The van der Waals surface area contributed by atoms with Gasteiger partial charge in [0.1, 0.15) is 23.5 Å². The van der Waals surface area contributed by atoms with E-state index in [-0.39, 0.29) is 0 Å². The summed E-state index contributed by atoms with van der Waals surface area (Å²) in [5.74, 6) is 2.11. The standard InChI is InChI=1S/C13H16N4O2/c1-8-5-11(19-4)9(6-10(8)18-3)12-13(14-2)15-7-16-17-12/h5-7H,1-4H3,(H,14,15,16). The highest BCUT2D eigenvalue weighted by Crippen LogP contribution is 2.36. The summed E-state index contributed by atoms with van der Waals surface area (Å²) in [6.07, 6.45) is 1.40. The molecule has 1 aromatic heterocycles. The van der Waals surface area contributed by atoms with Crippen molar-refractivity contribution >= 4 is 5.82 Å². The topological polar surface area (TPSA) is 69.2 Å². The predicted molar refractivity (Wildman–Crippen MR) is 72.7 cm³/mol. The van der Waals surface area contributed by atoms with Gasteiger partial charge >= 0.3 is 0 Å². The van der Waals surface area contributed by atoms with Crippen LogP contribution in [0.2, 0.25) is 0 Å². The van der Waals surface area contributed by atoms with Crippen molar-refractivity contribution in [3.8, 4) is 22.8 Å². The summed E-state index contributed by atoms with van der Waals surface area (Å²) in [5, 5.41) is 10.9. The lowest BCUT2D eigenvalue weighted by Crippen LogP contribution is -2.01. The van der Waals surface area contributed by atoms with Crippen molar-refractivity contribution in [2.24, 2.45) is 0 Å². The first-order chi connectivity index (χ1) is 9.21. The van der Waals surface area contributed by atoms with Gasteiger partial charge in [0.25, 0.3) is 0 Å². The van der Waals surface area contributed by atoms with Crippen LogP contribution in [-0.4, -0.2) is 36.4 Å². The Morgan fingerprint density at radius 3 is 2.47 bits per heavy atom. The fourth-order valence-corrected chi connectivity index (χ4v) is 1.88. The monoisotopic (exact) mass is 260 g/mol. The maximum absolute atomic E-state index is 5.40. The van der Waals surface area contributed by atoms with Gasteiger partial charge in [-0.25, -0.2) is 4.98 Å². The zero-order valence-electron chi connectivity index (χ0n) is 11.4. The number of ether oxygens (including phenoxy) is 2. The largest absolute Gasteiger partial charge is 0.496 e. The van der Waals surface area contributed by atoms with Gasteiger partial charge in [0, 0.05) is 7.05 Å². The third-order valence-corrected chi connectivity index (χ3v) is 2.83. The van der Waals surface area contributed by atoms with Crippen molar-refractivity contribution in [2.45, 2.75) is 6.92 Å². The van der Waals surface area contributed by atoms with Crippen molar-refractivity contribution in [3.05, 3.63) is 24.0 Å². The van der Waals surface area contributed by atoms with E-state index in [2.05, 4.69) is 20.5 Å².